The Morgan fingerprint density at radius 2 is 1.61 bits per heavy atom. The van der Waals surface area contributed by atoms with E-state index < -0.39 is 8.07 Å². The molecule has 0 aliphatic carbocycles. The second kappa shape index (κ2) is 7.93. The van der Waals surface area contributed by atoms with Crippen molar-refractivity contribution >= 4 is 13.5 Å². The summed E-state index contributed by atoms with van der Waals surface area (Å²) in [6, 6.07) is 0. The summed E-state index contributed by atoms with van der Waals surface area (Å²) in [6.07, 6.45) is 11.5. The van der Waals surface area contributed by atoms with Gasteiger partial charge in [0.25, 0.3) is 0 Å². The summed E-state index contributed by atoms with van der Waals surface area (Å²) in [6.45, 7) is 13.2. The molecule has 2 heteroatoms. The monoisotopic (exact) mass is 268 g/mol. The Balaban J connectivity index is 4.02. The molecule has 0 unspecified atom stereocenters. The summed E-state index contributed by atoms with van der Waals surface area (Å²) in [5.41, 5.74) is 0. The van der Waals surface area contributed by atoms with Crippen LogP contribution in [-0.2, 0) is 4.79 Å². The molecule has 0 rings (SSSR count). The van der Waals surface area contributed by atoms with Crippen LogP contribution in [0.4, 0.5) is 0 Å². The van der Waals surface area contributed by atoms with Gasteiger partial charge in [0.2, 0.25) is 0 Å². The van der Waals surface area contributed by atoms with Gasteiger partial charge in [-0.05, 0) is 24.0 Å². The van der Waals surface area contributed by atoms with E-state index in [0.29, 0.717) is 5.41 Å². The smallest absolute Gasteiger partial charge is 0.137 e. The third-order valence-corrected chi connectivity index (χ3v) is 9.38. The van der Waals surface area contributed by atoms with Gasteiger partial charge >= 0.3 is 0 Å². The van der Waals surface area contributed by atoms with Crippen LogP contribution >= 0.6 is 0 Å². The van der Waals surface area contributed by atoms with Crippen LogP contribution in [0.3, 0.4) is 0 Å². The normalized spacial score (nSPS) is 13.2. The topological polar surface area (TPSA) is 17.1 Å². The first-order valence-electron chi connectivity index (χ1n) is 7.44. The highest BCUT2D eigenvalue weighted by Crippen LogP contribution is 2.36. The van der Waals surface area contributed by atoms with Crippen molar-refractivity contribution < 1.29 is 4.79 Å². The SMILES string of the molecule is CCCCCCC/C=C/C(=O)[Si](C)(C)C(C)(C)C. The first-order chi connectivity index (χ1) is 8.23. The third-order valence-electron chi connectivity index (χ3n) is 4.23. The largest absolute Gasteiger partial charge is 0.301 e. The Morgan fingerprint density at radius 3 is 2.11 bits per heavy atom. The number of rotatable bonds is 8. The number of allylic oxidation sites excluding steroid dienone is 2. The summed E-state index contributed by atoms with van der Waals surface area (Å²) < 4.78 is 0. The molecule has 0 saturated heterocycles. The van der Waals surface area contributed by atoms with Gasteiger partial charge in [0, 0.05) is 0 Å². The first-order valence-corrected chi connectivity index (χ1v) is 10.4. The van der Waals surface area contributed by atoms with Crippen molar-refractivity contribution in [2.45, 2.75) is 84.4 Å². The summed E-state index contributed by atoms with van der Waals surface area (Å²) in [5.74, 6) is 0. The average Bonchev–Trinajstić information content (AvgIpc) is 2.26. The van der Waals surface area contributed by atoms with Crippen molar-refractivity contribution in [3.8, 4) is 0 Å². The maximum absolute atomic E-state index is 12.2. The predicted octanol–water partition coefficient (Wildman–Crippen LogP) is 5.52. The maximum Gasteiger partial charge on any atom is 0.137 e. The van der Waals surface area contributed by atoms with Crippen LogP contribution in [0.25, 0.3) is 0 Å². The quantitative estimate of drug-likeness (QED) is 0.322. The van der Waals surface area contributed by atoms with E-state index in [1.807, 2.05) is 6.08 Å². The fourth-order valence-corrected chi connectivity index (χ4v) is 2.91. The molecule has 0 heterocycles. The van der Waals surface area contributed by atoms with Crippen molar-refractivity contribution in [3.63, 3.8) is 0 Å². The lowest BCUT2D eigenvalue weighted by Gasteiger charge is -2.34. The van der Waals surface area contributed by atoms with Crippen molar-refractivity contribution in [1.29, 1.82) is 0 Å². The molecule has 0 N–H and O–H groups in total. The van der Waals surface area contributed by atoms with Gasteiger partial charge in [-0.15, -0.1) is 0 Å². The molecular formula is C16H32OSi. The maximum atomic E-state index is 12.2. The second-order valence-corrected chi connectivity index (χ2v) is 12.1. The van der Waals surface area contributed by atoms with Gasteiger partial charge in [0.1, 0.15) is 13.5 Å². The molecule has 0 aromatic carbocycles. The first kappa shape index (κ1) is 17.6. The minimum Gasteiger partial charge on any atom is -0.301 e. The van der Waals surface area contributed by atoms with Crippen molar-refractivity contribution in [3.05, 3.63) is 12.2 Å². The number of unbranched alkanes of at least 4 members (excludes halogenated alkanes) is 5. The molecule has 0 spiro atoms. The van der Waals surface area contributed by atoms with E-state index in [4.69, 9.17) is 0 Å². The standard InChI is InChI=1S/C16H32OSi/c1-7-8-9-10-11-12-13-14-15(17)18(5,6)16(2,3)4/h13-14H,7-12H2,1-6H3/b14-13+. The van der Waals surface area contributed by atoms with Crippen molar-refractivity contribution in [2.24, 2.45) is 0 Å². The Labute approximate surface area is 115 Å². The van der Waals surface area contributed by atoms with E-state index in [-0.39, 0.29) is 5.04 Å². The second-order valence-electron chi connectivity index (χ2n) is 6.84. The number of carbonyl (C=O) groups excluding carboxylic acids is 1. The molecule has 0 saturated carbocycles. The molecule has 18 heavy (non-hydrogen) atoms. The van der Waals surface area contributed by atoms with Gasteiger partial charge in [0.05, 0.1) is 0 Å². The summed E-state index contributed by atoms with van der Waals surface area (Å²) in [5, 5.41) is 0.541. The van der Waals surface area contributed by atoms with E-state index in [9.17, 15) is 4.79 Å². The zero-order valence-corrected chi connectivity index (χ0v) is 14.3. The molecule has 0 aliphatic heterocycles. The summed E-state index contributed by atoms with van der Waals surface area (Å²) in [7, 11) is -1.82. The molecule has 106 valence electrons. The lowest BCUT2D eigenvalue weighted by atomic mass is 10.1. The van der Waals surface area contributed by atoms with Crippen LogP contribution in [0.1, 0.15) is 66.2 Å². The van der Waals surface area contributed by atoms with E-state index >= 15 is 0 Å². The highest BCUT2D eigenvalue weighted by atomic mass is 28.3. The predicted molar refractivity (Wildman–Crippen MR) is 84.7 cm³/mol. The molecular weight excluding hydrogens is 236 g/mol. The van der Waals surface area contributed by atoms with E-state index in [2.05, 4.69) is 46.9 Å². The highest BCUT2D eigenvalue weighted by Gasteiger charge is 2.40. The van der Waals surface area contributed by atoms with Crippen molar-refractivity contribution in [1.82, 2.24) is 0 Å². The number of hydrogen-bond donors (Lipinski definition) is 0. The van der Waals surface area contributed by atoms with Crippen LogP contribution in [0.2, 0.25) is 18.1 Å². The van der Waals surface area contributed by atoms with Crippen LogP contribution in [0, 0.1) is 0 Å². The average molecular weight is 269 g/mol. The van der Waals surface area contributed by atoms with Crippen LogP contribution in [-0.4, -0.2) is 13.5 Å². The van der Waals surface area contributed by atoms with E-state index in [1.165, 1.54) is 32.1 Å². The highest BCUT2D eigenvalue weighted by molar-refractivity contribution is 7.07. The summed E-state index contributed by atoms with van der Waals surface area (Å²) >= 11 is 0. The fourth-order valence-electron chi connectivity index (χ4n) is 1.63. The molecule has 0 radical (unpaired) electrons. The number of hydrogen-bond acceptors (Lipinski definition) is 1. The molecule has 0 amide bonds. The van der Waals surface area contributed by atoms with E-state index in [1.54, 1.807) is 0 Å². The summed E-state index contributed by atoms with van der Waals surface area (Å²) in [4.78, 5) is 12.2. The van der Waals surface area contributed by atoms with Crippen molar-refractivity contribution in [2.75, 3.05) is 0 Å². The zero-order chi connectivity index (χ0) is 14.2. The fraction of sp³-hybridized carbons (Fsp3) is 0.812. The molecule has 0 fully saturated rings. The van der Waals surface area contributed by atoms with Gasteiger partial charge < -0.3 is 4.79 Å². The van der Waals surface area contributed by atoms with Crippen LogP contribution in [0.5, 0.6) is 0 Å². The van der Waals surface area contributed by atoms with Gasteiger partial charge in [-0.1, -0.05) is 72.5 Å². The molecule has 0 atom stereocenters. The zero-order valence-electron chi connectivity index (χ0n) is 13.3. The third kappa shape index (κ3) is 5.99. The van der Waals surface area contributed by atoms with Gasteiger partial charge in [-0.25, -0.2) is 0 Å². The minimum absolute atomic E-state index is 0.148. The molecule has 1 nitrogen and oxygen atoms in total. The molecule has 0 aliphatic rings. The van der Waals surface area contributed by atoms with Gasteiger partial charge in [-0.3, -0.25) is 0 Å². The molecule has 0 aromatic rings. The Kier molecular flexibility index (Phi) is 7.77. The lowest BCUT2D eigenvalue weighted by Crippen LogP contribution is -2.45. The lowest BCUT2D eigenvalue weighted by molar-refractivity contribution is -0.108. The number of carbonyl (C=O) groups is 1. The Bertz CT molecular complexity index is 271. The molecule has 0 bridgehead atoms. The van der Waals surface area contributed by atoms with E-state index in [0.717, 1.165) is 6.42 Å². The van der Waals surface area contributed by atoms with Crippen LogP contribution in [0.15, 0.2) is 12.2 Å². The Morgan fingerprint density at radius 1 is 1.06 bits per heavy atom. The Hall–Kier alpha value is -0.373. The van der Waals surface area contributed by atoms with Gasteiger partial charge in [0.15, 0.2) is 0 Å². The molecule has 0 aromatic heterocycles. The minimum atomic E-state index is -1.82. The van der Waals surface area contributed by atoms with Gasteiger partial charge in [-0.2, -0.15) is 0 Å². The van der Waals surface area contributed by atoms with Crippen LogP contribution < -0.4 is 0 Å².